The van der Waals surface area contributed by atoms with Crippen LogP contribution in [0.5, 0.6) is 0 Å². The van der Waals surface area contributed by atoms with Crippen molar-refractivity contribution in [1.29, 1.82) is 0 Å². The van der Waals surface area contributed by atoms with Crippen LogP contribution >= 0.6 is 11.3 Å². The summed E-state index contributed by atoms with van der Waals surface area (Å²) in [6.07, 6.45) is 1.11. The van der Waals surface area contributed by atoms with E-state index in [9.17, 15) is 18.0 Å². The van der Waals surface area contributed by atoms with E-state index in [1.54, 1.807) is 6.07 Å². The molecule has 1 heterocycles. The number of benzene rings is 1. The van der Waals surface area contributed by atoms with Gasteiger partial charge in [-0.3, -0.25) is 4.79 Å². The minimum atomic E-state index is -0.964. The van der Waals surface area contributed by atoms with Gasteiger partial charge < -0.3 is 0 Å². The van der Waals surface area contributed by atoms with Crippen molar-refractivity contribution in [3.63, 3.8) is 0 Å². The van der Waals surface area contributed by atoms with Crippen LogP contribution in [0.15, 0.2) is 24.3 Å². The predicted octanol–water partition coefficient (Wildman–Crippen LogP) is 4.82. The first-order chi connectivity index (χ1) is 9.02. The summed E-state index contributed by atoms with van der Waals surface area (Å²) >= 11 is 1.02. The van der Waals surface area contributed by atoms with Crippen LogP contribution in [0, 0.1) is 17.5 Å². The Labute approximate surface area is 112 Å². The average molecular weight is 284 g/mol. The maximum atomic E-state index is 13.6. The predicted molar refractivity (Wildman–Crippen MR) is 68.9 cm³/mol. The highest BCUT2D eigenvalue weighted by Crippen LogP contribution is 2.33. The highest BCUT2D eigenvalue weighted by molar-refractivity contribution is 7.17. The molecule has 0 spiro atoms. The number of hydrogen-bond donors (Lipinski definition) is 0. The van der Waals surface area contributed by atoms with E-state index in [1.165, 1.54) is 6.07 Å². The van der Waals surface area contributed by atoms with E-state index in [0.29, 0.717) is 29.9 Å². The van der Waals surface area contributed by atoms with E-state index in [2.05, 4.69) is 0 Å². The van der Waals surface area contributed by atoms with Crippen LogP contribution in [-0.4, -0.2) is 5.78 Å². The number of halogens is 3. The molecule has 0 saturated heterocycles. The van der Waals surface area contributed by atoms with E-state index in [0.717, 1.165) is 11.3 Å². The van der Waals surface area contributed by atoms with Crippen molar-refractivity contribution in [1.82, 2.24) is 0 Å². The monoisotopic (exact) mass is 284 g/mol. The summed E-state index contributed by atoms with van der Waals surface area (Å²) in [4.78, 5) is 12.4. The fourth-order valence-electron chi connectivity index (χ4n) is 1.75. The molecule has 0 atom stereocenters. The average Bonchev–Trinajstić information content (AvgIpc) is 2.77. The minimum Gasteiger partial charge on any atom is -0.293 e. The van der Waals surface area contributed by atoms with Crippen LogP contribution in [-0.2, 0) is 0 Å². The minimum absolute atomic E-state index is 0.0540. The van der Waals surface area contributed by atoms with Crippen molar-refractivity contribution in [2.24, 2.45) is 0 Å². The number of ketones is 1. The van der Waals surface area contributed by atoms with Crippen LogP contribution in [0.3, 0.4) is 0 Å². The summed E-state index contributed by atoms with van der Waals surface area (Å²) in [5.74, 6) is -2.94. The standard InChI is InChI=1S/C14H11F3OS/c1-2-3-11(18)12-4-5-13(19-12)14-9(16)6-8(15)7-10(14)17/h4-7H,2-3H2,1H3. The lowest BCUT2D eigenvalue weighted by Crippen LogP contribution is -1.93. The summed E-state index contributed by atoms with van der Waals surface area (Å²) < 4.78 is 40.0. The largest absolute Gasteiger partial charge is 0.293 e. The maximum Gasteiger partial charge on any atom is 0.172 e. The molecule has 0 unspecified atom stereocenters. The fourth-order valence-corrected chi connectivity index (χ4v) is 2.77. The Morgan fingerprint density at radius 1 is 1.16 bits per heavy atom. The second-order valence-electron chi connectivity index (χ2n) is 4.08. The van der Waals surface area contributed by atoms with Gasteiger partial charge in [0.25, 0.3) is 0 Å². The van der Waals surface area contributed by atoms with Crippen LogP contribution < -0.4 is 0 Å². The molecule has 19 heavy (non-hydrogen) atoms. The SMILES string of the molecule is CCCC(=O)c1ccc(-c2c(F)cc(F)cc2F)s1. The molecular formula is C14H11F3OS. The van der Waals surface area contributed by atoms with Crippen molar-refractivity contribution < 1.29 is 18.0 Å². The third-order valence-corrected chi connectivity index (χ3v) is 3.75. The lowest BCUT2D eigenvalue weighted by atomic mass is 10.1. The first kappa shape index (κ1) is 13.8. The van der Waals surface area contributed by atoms with Gasteiger partial charge in [-0.2, -0.15) is 0 Å². The Kier molecular flexibility index (Phi) is 4.04. The third-order valence-electron chi connectivity index (χ3n) is 2.61. The molecule has 2 rings (SSSR count). The van der Waals surface area contributed by atoms with Crippen molar-refractivity contribution >= 4 is 17.1 Å². The number of hydrogen-bond acceptors (Lipinski definition) is 2. The zero-order valence-corrected chi connectivity index (χ0v) is 11.0. The molecule has 1 aromatic heterocycles. The molecule has 0 N–H and O–H groups in total. The summed E-state index contributed by atoms with van der Waals surface area (Å²) in [6, 6.07) is 4.28. The number of thiophene rings is 1. The van der Waals surface area contributed by atoms with Gasteiger partial charge >= 0.3 is 0 Å². The molecule has 0 aliphatic carbocycles. The molecule has 5 heteroatoms. The van der Waals surface area contributed by atoms with Crippen LogP contribution in [0.1, 0.15) is 29.4 Å². The quantitative estimate of drug-likeness (QED) is 0.736. The van der Waals surface area contributed by atoms with Crippen molar-refractivity contribution in [2.75, 3.05) is 0 Å². The Bertz CT molecular complexity index is 596. The second-order valence-corrected chi connectivity index (χ2v) is 5.17. The number of carbonyl (C=O) groups excluding carboxylic acids is 1. The summed E-state index contributed by atoms with van der Waals surface area (Å²) in [6.45, 7) is 1.88. The molecule has 0 aliphatic heterocycles. The van der Waals surface area contributed by atoms with E-state index in [1.807, 2.05) is 6.92 Å². The third kappa shape index (κ3) is 2.87. The number of Topliss-reactive ketones (excluding diaryl/α,β-unsaturated/α-hetero) is 1. The summed E-state index contributed by atoms with van der Waals surface area (Å²) in [7, 11) is 0. The highest BCUT2D eigenvalue weighted by Gasteiger charge is 2.17. The lowest BCUT2D eigenvalue weighted by Gasteiger charge is -2.02. The summed E-state index contributed by atoms with van der Waals surface area (Å²) in [5, 5.41) is 0. The van der Waals surface area contributed by atoms with Gasteiger partial charge in [-0.05, 0) is 18.6 Å². The maximum absolute atomic E-state index is 13.6. The van der Waals surface area contributed by atoms with Crippen LogP contribution in [0.25, 0.3) is 10.4 Å². The van der Waals surface area contributed by atoms with E-state index in [-0.39, 0.29) is 16.2 Å². The molecule has 1 nitrogen and oxygen atoms in total. The molecule has 0 aliphatic rings. The molecule has 0 radical (unpaired) electrons. The normalized spacial score (nSPS) is 10.7. The molecule has 0 amide bonds. The second kappa shape index (κ2) is 5.57. The van der Waals surface area contributed by atoms with Crippen molar-refractivity contribution in [2.45, 2.75) is 19.8 Å². The first-order valence-corrected chi connectivity index (χ1v) is 6.62. The fraction of sp³-hybridized carbons (Fsp3) is 0.214. The summed E-state index contributed by atoms with van der Waals surface area (Å²) in [5.41, 5.74) is -0.290. The van der Waals surface area contributed by atoms with Gasteiger partial charge in [-0.25, -0.2) is 13.2 Å². The number of rotatable bonds is 4. The van der Waals surface area contributed by atoms with Gasteiger partial charge in [-0.1, -0.05) is 6.92 Å². The topological polar surface area (TPSA) is 17.1 Å². The van der Waals surface area contributed by atoms with Crippen molar-refractivity contribution in [3.05, 3.63) is 46.6 Å². The molecular weight excluding hydrogens is 273 g/mol. The Balaban J connectivity index is 2.41. The van der Waals surface area contributed by atoms with Gasteiger partial charge in [0.2, 0.25) is 0 Å². The molecule has 100 valence electrons. The van der Waals surface area contributed by atoms with Gasteiger partial charge in [0.05, 0.1) is 10.4 Å². The lowest BCUT2D eigenvalue weighted by molar-refractivity contribution is 0.0985. The molecule has 0 bridgehead atoms. The van der Waals surface area contributed by atoms with Gasteiger partial charge in [0.1, 0.15) is 17.5 Å². The van der Waals surface area contributed by atoms with E-state index >= 15 is 0 Å². The van der Waals surface area contributed by atoms with Gasteiger partial charge in [0.15, 0.2) is 5.78 Å². The van der Waals surface area contributed by atoms with Crippen LogP contribution in [0.2, 0.25) is 0 Å². The molecule has 0 fully saturated rings. The van der Waals surface area contributed by atoms with E-state index < -0.39 is 17.5 Å². The molecule has 2 aromatic rings. The van der Waals surface area contributed by atoms with Crippen LogP contribution in [0.4, 0.5) is 13.2 Å². The molecule has 0 saturated carbocycles. The van der Waals surface area contributed by atoms with E-state index in [4.69, 9.17) is 0 Å². The van der Waals surface area contributed by atoms with Gasteiger partial charge in [-0.15, -0.1) is 11.3 Å². The molecule has 1 aromatic carbocycles. The Morgan fingerprint density at radius 3 is 2.37 bits per heavy atom. The van der Waals surface area contributed by atoms with Crippen molar-refractivity contribution in [3.8, 4) is 10.4 Å². The number of carbonyl (C=O) groups is 1. The highest BCUT2D eigenvalue weighted by atomic mass is 32.1. The zero-order valence-electron chi connectivity index (χ0n) is 10.2. The zero-order chi connectivity index (χ0) is 14.0. The Morgan fingerprint density at radius 2 is 1.79 bits per heavy atom. The Hall–Kier alpha value is -1.62. The first-order valence-electron chi connectivity index (χ1n) is 5.81. The van der Waals surface area contributed by atoms with Gasteiger partial charge in [0, 0.05) is 23.4 Å². The smallest absolute Gasteiger partial charge is 0.172 e.